The molecular weight excluding hydrogens is 550 g/mol. The van der Waals surface area contributed by atoms with Crippen molar-refractivity contribution in [2.75, 3.05) is 46.4 Å². The number of pyridine rings is 1. The van der Waals surface area contributed by atoms with Gasteiger partial charge in [-0.1, -0.05) is 5.16 Å². The Bertz CT molecular complexity index is 578. The quantitative estimate of drug-likeness (QED) is 0.0675. The fourth-order valence-electron chi connectivity index (χ4n) is 2.72. The lowest BCUT2D eigenvalue weighted by Gasteiger charge is -2.37. The number of quaternary nitrogens is 1. The molecule has 142 valence electrons. The average molecular weight is 576 g/mol. The maximum absolute atomic E-state index is 12.2. The maximum Gasteiger partial charge on any atom is 0.257 e. The van der Waals surface area contributed by atoms with Gasteiger partial charge in [0, 0.05) is 19.0 Å². The van der Waals surface area contributed by atoms with E-state index in [0.29, 0.717) is 17.8 Å². The van der Waals surface area contributed by atoms with Gasteiger partial charge in [-0.2, -0.15) is 4.57 Å². The minimum Gasteiger partial charge on any atom is -1.00 e. The molecule has 0 atom stereocenters. The third-order valence-electron chi connectivity index (χ3n) is 4.34. The second-order valence-corrected chi connectivity index (χ2v) is 6.21. The molecule has 0 spiro atoms. The zero-order valence-corrected chi connectivity index (χ0v) is 18.9. The van der Waals surface area contributed by atoms with Gasteiger partial charge in [-0.3, -0.25) is 4.79 Å². The van der Waals surface area contributed by atoms with Crippen LogP contribution in [-0.4, -0.2) is 68.3 Å². The number of halogens is 2. The second kappa shape index (κ2) is 12.0. The lowest BCUT2D eigenvalue weighted by atomic mass is 10.2. The van der Waals surface area contributed by atoms with E-state index in [4.69, 9.17) is 9.94 Å². The van der Waals surface area contributed by atoms with Gasteiger partial charge in [0.15, 0.2) is 6.20 Å². The van der Waals surface area contributed by atoms with E-state index >= 15 is 0 Å². The van der Waals surface area contributed by atoms with Crippen molar-refractivity contribution in [3.8, 4) is 0 Å². The predicted molar refractivity (Wildman–Crippen MR) is 85.6 cm³/mol. The number of likely N-dealkylation sites (N-methyl/N-ethyl adjacent to an activating group) is 1. The van der Waals surface area contributed by atoms with E-state index in [1.165, 1.54) is 6.21 Å². The van der Waals surface area contributed by atoms with Gasteiger partial charge in [-0.15, -0.1) is 0 Å². The Morgan fingerprint density at radius 3 is 2.68 bits per heavy atom. The Balaban J connectivity index is 0.00000288. The first-order valence-corrected chi connectivity index (χ1v) is 7.91. The van der Waals surface area contributed by atoms with Crippen molar-refractivity contribution >= 4 is 12.1 Å². The normalized spacial score (nSPS) is 15.9. The van der Waals surface area contributed by atoms with E-state index in [9.17, 15) is 4.79 Å². The van der Waals surface area contributed by atoms with E-state index in [0.717, 1.165) is 43.8 Å². The van der Waals surface area contributed by atoms with E-state index in [1.54, 1.807) is 29.9 Å². The highest BCUT2D eigenvalue weighted by Crippen LogP contribution is 2.08. The van der Waals surface area contributed by atoms with Crippen LogP contribution in [0.25, 0.3) is 0 Å². The minimum absolute atomic E-state index is 0. The van der Waals surface area contributed by atoms with Gasteiger partial charge in [0.1, 0.15) is 31.9 Å². The number of aromatic nitrogens is 1. The molecule has 1 aromatic rings. The van der Waals surface area contributed by atoms with Gasteiger partial charge >= 0.3 is 0 Å². The molecule has 1 aliphatic heterocycles. The molecule has 1 aliphatic rings. The Labute approximate surface area is 183 Å². The number of nitrogens with zero attached hydrogens (tertiary/aromatic N) is 3. The van der Waals surface area contributed by atoms with Gasteiger partial charge in [0.2, 0.25) is 5.69 Å². The van der Waals surface area contributed by atoms with Gasteiger partial charge in [0.05, 0.1) is 26.8 Å². The fourth-order valence-corrected chi connectivity index (χ4v) is 2.72. The van der Waals surface area contributed by atoms with Gasteiger partial charge in [0.25, 0.3) is 5.91 Å². The molecule has 0 unspecified atom stereocenters. The summed E-state index contributed by atoms with van der Waals surface area (Å²) in [4.78, 5) is 12.2. The lowest BCUT2D eigenvalue weighted by molar-refractivity contribution is -0.916. The number of morpholine rings is 1. The zero-order chi connectivity index (χ0) is 16.7. The zero-order valence-electron chi connectivity index (χ0n) is 14.6. The maximum atomic E-state index is 12.2. The summed E-state index contributed by atoms with van der Waals surface area (Å²) < 4.78 is 8.15. The van der Waals surface area contributed by atoms with Gasteiger partial charge < -0.3 is 67.7 Å². The van der Waals surface area contributed by atoms with Crippen LogP contribution in [0.5, 0.6) is 0 Å². The molecule has 1 amide bonds. The first kappa shape index (κ1) is 24.5. The van der Waals surface area contributed by atoms with E-state index in [1.807, 2.05) is 0 Å². The smallest absolute Gasteiger partial charge is 0.257 e. The van der Waals surface area contributed by atoms with Crippen LogP contribution < -0.4 is 57.8 Å². The number of nitrogens with one attached hydrogen (secondary N) is 1. The van der Waals surface area contributed by atoms with Crippen LogP contribution in [-0.2, 0) is 11.8 Å². The number of carbonyl (C=O) groups excluding carboxylic acids is 1. The molecule has 0 saturated carbocycles. The summed E-state index contributed by atoms with van der Waals surface area (Å²) in [5, 5.41) is 14.5. The summed E-state index contributed by atoms with van der Waals surface area (Å²) in [6, 6.07) is 3.47. The molecule has 0 bridgehead atoms. The van der Waals surface area contributed by atoms with E-state index in [-0.39, 0.29) is 53.9 Å². The summed E-state index contributed by atoms with van der Waals surface area (Å²) in [5.74, 6) is -0.0854. The van der Waals surface area contributed by atoms with Gasteiger partial charge in [-0.25, -0.2) is 0 Å². The predicted octanol–water partition coefficient (Wildman–Crippen LogP) is -6.08. The molecule has 9 heteroatoms. The molecule has 1 saturated heterocycles. The van der Waals surface area contributed by atoms with Crippen LogP contribution in [0, 0.1) is 0 Å². The second-order valence-electron chi connectivity index (χ2n) is 6.21. The van der Waals surface area contributed by atoms with E-state index < -0.39 is 0 Å². The number of hydrogen-bond acceptors (Lipinski definition) is 4. The lowest BCUT2D eigenvalue weighted by Crippen LogP contribution is -3.00. The number of aryl methyl sites for hydroxylation is 1. The van der Waals surface area contributed by atoms with Crippen LogP contribution in [0.4, 0.5) is 0 Å². The van der Waals surface area contributed by atoms with Crippen molar-refractivity contribution in [1.82, 2.24) is 5.32 Å². The highest BCUT2D eigenvalue weighted by molar-refractivity contribution is 5.93. The fraction of sp³-hybridized carbons (Fsp3) is 0.562. The minimum atomic E-state index is -0.0854. The van der Waals surface area contributed by atoms with Crippen LogP contribution in [0.2, 0.25) is 0 Å². The van der Waals surface area contributed by atoms with Crippen LogP contribution in [0.15, 0.2) is 23.5 Å². The largest absolute Gasteiger partial charge is 1.00 e. The highest BCUT2D eigenvalue weighted by atomic mass is 127. The summed E-state index contributed by atoms with van der Waals surface area (Å²) in [6.45, 7) is 5.43. The molecule has 1 fully saturated rings. The molecule has 0 aromatic carbocycles. The summed E-state index contributed by atoms with van der Waals surface area (Å²) >= 11 is 0. The summed E-state index contributed by atoms with van der Waals surface area (Å²) in [7, 11) is 4.04. The first-order valence-electron chi connectivity index (χ1n) is 7.91. The Morgan fingerprint density at radius 1 is 1.40 bits per heavy atom. The van der Waals surface area contributed by atoms with E-state index in [2.05, 4.69) is 17.5 Å². The van der Waals surface area contributed by atoms with Crippen LogP contribution >= 0.6 is 0 Å². The van der Waals surface area contributed by atoms with Crippen molar-refractivity contribution in [3.63, 3.8) is 0 Å². The monoisotopic (exact) mass is 576 g/mol. The Hall–Kier alpha value is -0.530. The molecule has 1 aromatic heterocycles. The number of amides is 1. The van der Waals surface area contributed by atoms with Crippen molar-refractivity contribution in [1.29, 1.82) is 0 Å². The third kappa shape index (κ3) is 7.71. The number of ether oxygens (including phenoxy) is 1. The molecule has 2 heterocycles. The molecule has 7 nitrogen and oxygen atoms in total. The first-order chi connectivity index (χ1) is 11.0. The highest BCUT2D eigenvalue weighted by Gasteiger charge is 2.24. The number of oxime groups is 1. The average Bonchev–Trinajstić information content (AvgIpc) is 2.54. The van der Waals surface area contributed by atoms with Crippen LogP contribution in [0.3, 0.4) is 0 Å². The summed E-state index contributed by atoms with van der Waals surface area (Å²) in [6.07, 6.45) is 4.00. The Morgan fingerprint density at radius 2 is 2.08 bits per heavy atom. The molecule has 25 heavy (non-hydrogen) atoms. The van der Waals surface area contributed by atoms with Crippen molar-refractivity contribution in [2.45, 2.75) is 6.42 Å². The molecule has 2 N–H and O–H groups in total. The van der Waals surface area contributed by atoms with Crippen molar-refractivity contribution in [2.24, 2.45) is 12.2 Å². The number of rotatable bonds is 6. The van der Waals surface area contributed by atoms with Gasteiger partial charge in [-0.05, 0) is 6.07 Å². The number of hydrogen-bond donors (Lipinski definition) is 2. The topological polar surface area (TPSA) is 74.8 Å². The molecule has 2 rings (SSSR count). The number of carbonyl (C=O) groups is 1. The Kier molecular flexibility index (Phi) is 11.7. The van der Waals surface area contributed by atoms with Crippen molar-refractivity contribution < 1.29 is 71.7 Å². The standard InChI is InChI=1S/C16H24N4O3.2HI/c1-19-13-14(4-5-15(19)12-18-22)16(21)17-6-3-7-20(2)8-10-23-11-9-20;;/h4-5,12-13H,3,6-11H2,1-2H3;2*1H. The van der Waals surface area contributed by atoms with Crippen LogP contribution in [0.1, 0.15) is 22.5 Å². The molecular formula is C16H26I2N4O3. The summed E-state index contributed by atoms with van der Waals surface area (Å²) in [5.41, 5.74) is 1.31. The third-order valence-corrected chi connectivity index (χ3v) is 4.34. The molecule has 0 aliphatic carbocycles. The SMILES string of the molecule is C[n+]1cc(C(=O)NCCC[N+]2(C)CCOCC2)ccc1/C=N/O.[I-].[I-]. The van der Waals surface area contributed by atoms with Crippen molar-refractivity contribution in [3.05, 3.63) is 29.6 Å². The molecule has 0 radical (unpaired) electrons.